The van der Waals surface area contributed by atoms with Crippen molar-refractivity contribution < 1.29 is 14.3 Å². The zero-order valence-electron chi connectivity index (χ0n) is 16.2. The molecule has 3 nitrogen and oxygen atoms in total. The number of allylic oxidation sites excluding steroid dienone is 1. The van der Waals surface area contributed by atoms with E-state index in [1.54, 1.807) is 13.2 Å². The molecule has 0 amide bonds. The van der Waals surface area contributed by atoms with Crippen molar-refractivity contribution in [2.45, 2.75) is 70.3 Å². The van der Waals surface area contributed by atoms with Gasteiger partial charge in [0.2, 0.25) is 0 Å². The van der Waals surface area contributed by atoms with Crippen LogP contribution in [0.4, 0.5) is 0 Å². The Morgan fingerprint density at radius 1 is 0.923 bits per heavy atom. The van der Waals surface area contributed by atoms with Gasteiger partial charge in [-0.2, -0.15) is 0 Å². The number of ether oxygens (including phenoxy) is 2. The molecule has 0 spiro atoms. The van der Waals surface area contributed by atoms with Crippen molar-refractivity contribution in [1.82, 2.24) is 0 Å². The Morgan fingerprint density at radius 3 is 2.04 bits per heavy atom. The minimum absolute atomic E-state index is 0.130. The lowest BCUT2D eigenvalue weighted by atomic mass is 9.69. The van der Waals surface area contributed by atoms with Crippen LogP contribution in [0.25, 0.3) is 0 Å². The van der Waals surface area contributed by atoms with Crippen molar-refractivity contribution in [2.75, 3.05) is 7.11 Å². The van der Waals surface area contributed by atoms with Crippen LogP contribution in [0.2, 0.25) is 0 Å². The summed E-state index contributed by atoms with van der Waals surface area (Å²) in [5.41, 5.74) is 1.46. The summed E-state index contributed by atoms with van der Waals surface area (Å²) in [4.78, 5) is 11.6. The quantitative estimate of drug-likeness (QED) is 0.505. The maximum atomic E-state index is 11.6. The topological polar surface area (TPSA) is 35.5 Å². The first kappa shape index (κ1) is 19.0. The molecule has 2 aliphatic rings. The number of methoxy groups -OCH3 is 1. The first-order chi connectivity index (χ1) is 12.7. The number of carbonyl (C=O) groups is 1. The van der Waals surface area contributed by atoms with E-state index < -0.39 is 0 Å². The van der Waals surface area contributed by atoms with Crippen molar-refractivity contribution in [3.8, 4) is 5.75 Å². The second-order valence-corrected chi connectivity index (χ2v) is 7.86. The highest BCUT2D eigenvalue weighted by molar-refractivity contribution is 5.81. The molecule has 1 aromatic rings. The van der Waals surface area contributed by atoms with Gasteiger partial charge in [0, 0.05) is 6.08 Å². The molecule has 26 heavy (non-hydrogen) atoms. The van der Waals surface area contributed by atoms with Crippen molar-refractivity contribution in [3.63, 3.8) is 0 Å². The third-order valence-corrected chi connectivity index (χ3v) is 6.33. The average Bonchev–Trinajstić information content (AvgIpc) is 2.69. The zero-order chi connectivity index (χ0) is 18.4. The number of esters is 1. The van der Waals surface area contributed by atoms with Gasteiger partial charge in [0.25, 0.3) is 0 Å². The lowest BCUT2D eigenvalue weighted by Crippen LogP contribution is -2.29. The second-order valence-electron chi connectivity index (χ2n) is 7.86. The molecule has 2 aliphatic carbocycles. The van der Waals surface area contributed by atoms with Crippen molar-refractivity contribution in [3.05, 3.63) is 42.0 Å². The van der Waals surface area contributed by atoms with Gasteiger partial charge in [0.1, 0.15) is 11.9 Å². The van der Waals surface area contributed by atoms with Crippen LogP contribution in [0.15, 0.2) is 36.4 Å². The molecule has 0 bridgehead atoms. The van der Waals surface area contributed by atoms with Crippen LogP contribution in [0.1, 0.15) is 69.8 Å². The molecule has 0 unspecified atom stereocenters. The molecule has 0 aromatic heterocycles. The van der Waals surface area contributed by atoms with Gasteiger partial charge >= 0.3 is 5.97 Å². The summed E-state index contributed by atoms with van der Waals surface area (Å²) >= 11 is 0. The fourth-order valence-corrected chi connectivity index (χ4v) is 4.82. The Kier molecular flexibility index (Phi) is 6.76. The van der Waals surface area contributed by atoms with Crippen molar-refractivity contribution >= 4 is 5.97 Å². The Hall–Kier alpha value is -1.77. The SMILES string of the molecule is CC=CC(=O)OC1CCC(C2CCC(c3ccc(OC)cc3)CC2)CC1. The molecule has 0 N–H and O–H groups in total. The van der Waals surface area contributed by atoms with E-state index in [0.717, 1.165) is 30.4 Å². The maximum Gasteiger partial charge on any atom is 0.330 e. The Morgan fingerprint density at radius 2 is 1.50 bits per heavy atom. The standard InChI is InChI=1S/C23H32O3/c1-3-4-23(24)26-22-15-11-20(12-16-22)18-7-5-17(6-8-18)19-9-13-21(25-2)14-10-19/h3-4,9-10,13-14,17-18,20,22H,5-8,11-12,15-16H2,1-2H3. The van der Waals surface area contributed by atoms with Gasteiger partial charge in [-0.05, 0) is 93.7 Å². The number of rotatable bonds is 5. The lowest BCUT2D eigenvalue weighted by molar-refractivity contribution is -0.145. The van der Waals surface area contributed by atoms with Crippen LogP contribution in [0, 0.1) is 11.8 Å². The summed E-state index contributed by atoms with van der Waals surface area (Å²) in [5.74, 6) is 3.14. The summed E-state index contributed by atoms with van der Waals surface area (Å²) in [6.45, 7) is 1.85. The zero-order valence-corrected chi connectivity index (χ0v) is 16.2. The molecule has 1 aromatic carbocycles. The minimum atomic E-state index is -0.184. The van der Waals surface area contributed by atoms with Gasteiger partial charge in [0.15, 0.2) is 0 Å². The number of benzene rings is 1. The fraction of sp³-hybridized carbons (Fsp3) is 0.609. The van der Waals surface area contributed by atoms with Gasteiger partial charge in [-0.25, -0.2) is 4.79 Å². The van der Waals surface area contributed by atoms with E-state index in [-0.39, 0.29) is 12.1 Å². The van der Waals surface area contributed by atoms with E-state index in [0.29, 0.717) is 5.92 Å². The molecule has 2 fully saturated rings. The first-order valence-electron chi connectivity index (χ1n) is 10.2. The van der Waals surface area contributed by atoms with E-state index in [1.807, 2.05) is 6.92 Å². The number of hydrogen-bond donors (Lipinski definition) is 0. The molecular formula is C23H32O3. The summed E-state index contributed by atoms with van der Waals surface area (Å²) in [6, 6.07) is 8.62. The Labute approximate surface area is 157 Å². The van der Waals surface area contributed by atoms with Crippen LogP contribution in [-0.2, 0) is 9.53 Å². The third kappa shape index (κ3) is 4.90. The van der Waals surface area contributed by atoms with Crippen LogP contribution in [0.3, 0.4) is 0 Å². The minimum Gasteiger partial charge on any atom is -0.497 e. The van der Waals surface area contributed by atoms with Gasteiger partial charge in [-0.15, -0.1) is 0 Å². The normalized spacial score (nSPS) is 29.5. The molecule has 0 atom stereocenters. The van der Waals surface area contributed by atoms with E-state index in [1.165, 1.54) is 50.2 Å². The average molecular weight is 357 g/mol. The van der Waals surface area contributed by atoms with Gasteiger partial charge in [-0.1, -0.05) is 18.2 Å². The first-order valence-corrected chi connectivity index (χ1v) is 10.2. The molecule has 3 heteroatoms. The maximum absolute atomic E-state index is 11.6. The van der Waals surface area contributed by atoms with Gasteiger partial charge in [0.05, 0.1) is 7.11 Å². The summed E-state index contributed by atoms with van der Waals surface area (Å²) in [6.07, 6.45) is 13.2. The number of hydrogen-bond acceptors (Lipinski definition) is 3. The van der Waals surface area contributed by atoms with E-state index in [9.17, 15) is 4.79 Å². The molecule has 0 saturated heterocycles. The lowest BCUT2D eigenvalue weighted by Gasteiger charge is -2.37. The predicted molar refractivity (Wildman–Crippen MR) is 104 cm³/mol. The van der Waals surface area contributed by atoms with E-state index in [2.05, 4.69) is 24.3 Å². The van der Waals surface area contributed by atoms with Crippen LogP contribution in [0.5, 0.6) is 5.75 Å². The summed E-state index contributed by atoms with van der Waals surface area (Å²) < 4.78 is 10.8. The van der Waals surface area contributed by atoms with Gasteiger partial charge in [-0.3, -0.25) is 0 Å². The van der Waals surface area contributed by atoms with Crippen molar-refractivity contribution in [1.29, 1.82) is 0 Å². The van der Waals surface area contributed by atoms with E-state index in [4.69, 9.17) is 9.47 Å². The Balaban J connectivity index is 1.43. The van der Waals surface area contributed by atoms with E-state index >= 15 is 0 Å². The third-order valence-electron chi connectivity index (χ3n) is 6.33. The summed E-state index contributed by atoms with van der Waals surface area (Å²) in [5, 5.41) is 0. The number of carbonyl (C=O) groups excluding carboxylic acids is 1. The molecule has 142 valence electrons. The molecule has 0 heterocycles. The van der Waals surface area contributed by atoms with Crippen LogP contribution >= 0.6 is 0 Å². The highest BCUT2D eigenvalue weighted by Gasteiger charge is 2.32. The molecule has 0 aliphatic heterocycles. The fourth-order valence-electron chi connectivity index (χ4n) is 4.82. The molecule has 3 rings (SSSR count). The predicted octanol–water partition coefficient (Wildman–Crippen LogP) is 5.65. The smallest absolute Gasteiger partial charge is 0.330 e. The Bertz CT molecular complexity index is 588. The van der Waals surface area contributed by atoms with Gasteiger partial charge < -0.3 is 9.47 Å². The molecule has 2 saturated carbocycles. The largest absolute Gasteiger partial charge is 0.497 e. The highest BCUT2D eigenvalue weighted by atomic mass is 16.5. The van der Waals surface area contributed by atoms with Crippen LogP contribution < -0.4 is 4.74 Å². The molecule has 0 radical (unpaired) electrons. The molecular weight excluding hydrogens is 324 g/mol. The summed E-state index contributed by atoms with van der Waals surface area (Å²) in [7, 11) is 1.72. The van der Waals surface area contributed by atoms with Crippen LogP contribution in [-0.4, -0.2) is 19.2 Å². The van der Waals surface area contributed by atoms with Crippen molar-refractivity contribution in [2.24, 2.45) is 11.8 Å². The second kappa shape index (κ2) is 9.25. The monoisotopic (exact) mass is 356 g/mol. The highest BCUT2D eigenvalue weighted by Crippen LogP contribution is 2.43.